The van der Waals surface area contributed by atoms with Gasteiger partial charge in [-0.05, 0) is 44.3 Å². The zero-order valence-corrected chi connectivity index (χ0v) is 12.7. The van der Waals surface area contributed by atoms with Crippen LogP contribution in [0.4, 0.5) is 0 Å². The number of rotatable bonds is 7. The van der Waals surface area contributed by atoms with Gasteiger partial charge in [-0.2, -0.15) is 0 Å². The van der Waals surface area contributed by atoms with Gasteiger partial charge >= 0.3 is 0 Å². The monoisotopic (exact) mass is 273 g/mol. The van der Waals surface area contributed by atoms with E-state index in [0.717, 1.165) is 38.1 Å². The van der Waals surface area contributed by atoms with Crippen LogP contribution in [-0.2, 0) is 11.3 Å². The van der Waals surface area contributed by atoms with Gasteiger partial charge in [-0.15, -0.1) is 0 Å². The van der Waals surface area contributed by atoms with Crippen LogP contribution in [0.15, 0.2) is 30.3 Å². The summed E-state index contributed by atoms with van der Waals surface area (Å²) in [7, 11) is 2.20. The van der Waals surface area contributed by atoms with Gasteiger partial charge in [0.05, 0.1) is 0 Å². The highest BCUT2D eigenvalue weighted by Gasteiger charge is 2.17. The third-order valence-corrected chi connectivity index (χ3v) is 4.36. The number of carbonyl (C=O) groups is 1. The van der Waals surface area contributed by atoms with Crippen molar-refractivity contribution in [2.45, 2.75) is 51.5 Å². The fourth-order valence-corrected chi connectivity index (χ4v) is 3.08. The third kappa shape index (κ3) is 5.46. The molecule has 2 nitrogen and oxygen atoms in total. The SMILES string of the molecule is CN(CCCCC1CCC(=O)CC1)Cc1ccccc1. The van der Waals surface area contributed by atoms with Crippen molar-refractivity contribution in [3.63, 3.8) is 0 Å². The summed E-state index contributed by atoms with van der Waals surface area (Å²) < 4.78 is 0. The molecule has 20 heavy (non-hydrogen) atoms. The van der Waals surface area contributed by atoms with Crippen molar-refractivity contribution < 1.29 is 4.79 Å². The first kappa shape index (κ1) is 15.2. The molecule has 1 aromatic rings. The van der Waals surface area contributed by atoms with Gasteiger partial charge in [0.1, 0.15) is 5.78 Å². The van der Waals surface area contributed by atoms with Gasteiger partial charge in [-0.3, -0.25) is 4.79 Å². The summed E-state index contributed by atoms with van der Waals surface area (Å²) >= 11 is 0. The lowest BCUT2D eigenvalue weighted by Crippen LogP contribution is -2.19. The second-order valence-corrected chi connectivity index (χ2v) is 6.20. The van der Waals surface area contributed by atoms with Crippen molar-refractivity contribution in [1.29, 1.82) is 0 Å². The Bertz CT molecular complexity index is 391. The largest absolute Gasteiger partial charge is 0.302 e. The Morgan fingerprint density at radius 3 is 2.50 bits per heavy atom. The van der Waals surface area contributed by atoms with Crippen molar-refractivity contribution in [2.75, 3.05) is 13.6 Å². The molecule has 0 N–H and O–H groups in total. The van der Waals surface area contributed by atoms with Crippen molar-refractivity contribution in [3.05, 3.63) is 35.9 Å². The molecule has 1 aliphatic rings. The van der Waals surface area contributed by atoms with Gasteiger partial charge in [-0.1, -0.05) is 43.2 Å². The molecule has 0 spiro atoms. The van der Waals surface area contributed by atoms with Crippen molar-refractivity contribution >= 4 is 5.78 Å². The number of carbonyl (C=O) groups excluding carboxylic acids is 1. The molecule has 0 bridgehead atoms. The molecule has 0 radical (unpaired) electrons. The molecule has 110 valence electrons. The average molecular weight is 273 g/mol. The van der Waals surface area contributed by atoms with Gasteiger partial charge in [0.2, 0.25) is 0 Å². The maximum Gasteiger partial charge on any atom is 0.132 e. The molecule has 2 heteroatoms. The number of hydrogen-bond donors (Lipinski definition) is 0. The zero-order chi connectivity index (χ0) is 14.2. The fourth-order valence-electron chi connectivity index (χ4n) is 3.08. The highest BCUT2D eigenvalue weighted by atomic mass is 16.1. The number of hydrogen-bond acceptors (Lipinski definition) is 2. The molecule has 0 aliphatic heterocycles. The van der Waals surface area contributed by atoms with E-state index in [4.69, 9.17) is 0 Å². The van der Waals surface area contributed by atoms with Gasteiger partial charge in [-0.25, -0.2) is 0 Å². The van der Waals surface area contributed by atoms with Crippen LogP contribution in [0.5, 0.6) is 0 Å². The van der Waals surface area contributed by atoms with E-state index in [1.54, 1.807) is 0 Å². The van der Waals surface area contributed by atoms with E-state index in [-0.39, 0.29) is 0 Å². The predicted molar refractivity (Wildman–Crippen MR) is 83.6 cm³/mol. The number of Topliss-reactive ketones (excluding diaryl/α,β-unsaturated/α-hetero) is 1. The smallest absolute Gasteiger partial charge is 0.132 e. The number of ketones is 1. The Morgan fingerprint density at radius 1 is 1.10 bits per heavy atom. The predicted octanol–water partition coefficient (Wildman–Crippen LogP) is 4.05. The molecule has 1 fully saturated rings. The fraction of sp³-hybridized carbons (Fsp3) is 0.611. The maximum absolute atomic E-state index is 11.2. The molecular formula is C18H27NO. The van der Waals surface area contributed by atoms with E-state index in [9.17, 15) is 4.79 Å². The van der Waals surface area contributed by atoms with E-state index >= 15 is 0 Å². The molecule has 1 aromatic carbocycles. The van der Waals surface area contributed by atoms with E-state index in [1.807, 2.05) is 0 Å². The van der Waals surface area contributed by atoms with Crippen LogP contribution < -0.4 is 0 Å². The maximum atomic E-state index is 11.2. The second-order valence-electron chi connectivity index (χ2n) is 6.20. The second kappa shape index (κ2) is 8.21. The number of unbranched alkanes of at least 4 members (excludes halogenated alkanes) is 1. The summed E-state index contributed by atoms with van der Waals surface area (Å²) in [5.74, 6) is 1.29. The Kier molecular flexibility index (Phi) is 6.25. The molecule has 0 amide bonds. The molecule has 0 saturated heterocycles. The summed E-state index contributed by atoms with van der Waals surface area (Å²) in [6.45, 7) is 2.21. The summed E-state index contributed by atoms with van der Waals surface area (Å²) in [6.07, 6.45) is 7.83. The lowest BCUT2D eigenvalue weighted by molar-refractivity contribution is -0.121. The zero-order valence-electron chi connectivity index (χ0n) is 12.7. The third-order valence-electron chi connectivity index (χ3n) is 4.36. The average Bonchev–Trinajstić information content (AvgIpc) is 2.46. The molecule has 0 unspecified atom stereocenters. The topological polar surface area (TPSA) is 20.3 Å². The van der Waals surface area contributed by atoms with Gasteiger partial charge in [0.25, 0.3) is 0 Å². The molecular weight excluding hydrogens is 246 g/mol. The van der Waals surface area contributed by atoms with E-state index in [1.165, 1.54) is 31.4 Å². The summed E-state index contributed by atoms with van der Waals surface area (Å²) in [6, 6.07) is 10.7. The minimum Gasteiger partial charge on any atom is -0.302 e. The first-order chi connectivity index (χ1) is 9.74. The van der Waals surface area contributed by atoms with Crippen LogP contribution in [0.25, 0.3) is 0 Å². The highest BCUT2D eigenvalue weighted by Crippen LogP contribution is 2.26. The summed E-state index contributed by atoms with van der Waals surface area (Å²) in [5, 5.41) is 0. The van der Waals surface area contributed by atoms with E-state index in [0.29, 0.717) is 5.78 Å². The Morgan fingerprint density at radius 2 is 1.80 bits per heavy atom. The van der Waals surface area contributed by atoms with Gasteiger partial charge < -0.3 is 4.90 Å². The molecule has 0 aromatic heterocycles. The van der Waals surface area contributed by atoms with Gasteiger partial charge in [0.15, 0.2) is 0 Å². The van der Waals surface area contributed by atoms with Crippen LogP contribution in [-0.4, -0.2) is 24.3 Å². The van der Waals surface area contributed by atoms with E-state index in [2.05, 4.69) is 42.3 Å². The quantitative estimate of drug-likeness (QED) is 0.699. The Hall–Kier alpha value is -1.15. The van der Waals surface area contributed by atoms with Crippen molar-refractivity contribution in [3.8, 4) is 0 Å². The minimum atomic E-state index is 0.476. The van der Waals surface area contributed by atoms with Crippen LogP contribution >= 0.6 is 0 Å². The van der Waals surface area contributed by atoms with Crippen LogP contribution in [0.2, 0.25) is 0 Å². The van der Waals surface area contributed by atoms with Crippen molar-refractivity contribution in [2.24, 2.45) is 5.92 Å². The van der Waals surface area contributed by atoms with Gasteiger partial charge in [0, 0.05) is 19.4 Å². The van der Waals surface area contributed by atoms with Crippen molar-refractivity contribution in [1.82, 2.24) is 4.90 Å². The lowest BCUT2D eigenvalue weighted by Gasteiger charge is -2.21. The molecule has 1 aliphatic carbocycles. The van der Waals surface area contributed by atoms with Crippen LogP contribution in [0, 0.1) is 5.92 Å². The first-order valence-electron chi connectivity index (χ1n) is 7.98. The minimum absolute atomic E-state index is 0.476. The summed E-state index contributed by atoms with van der Waals surface area (Å²) in [5.41, 5.74) is 1.39. The number of benzene rings is 1. The standard InChI is InChI=1S/C18H27NO/c1-19(15-17-8-3-2-4-9-17)14-6-5-7-16-10-12-18(20)13-11-16/h2-4,8-9,16H,5-7,10-15H2,1H3. The van der Waals surface area contributed by atoms with E-state index < -0.39 is 0 Å². The summed E-state index contributed by atoms with van der Waals surface area (Å²) in [4.78, 5) is 13.6. The van der Waals surface area contributed by atoms with Crippen LogP contribution in [0.3, 0.4) is 0 Å². The Balaban J connectivity index is 1.55. The normalized spacial score (nSPS) is 16.8. The molecule has 0 heterocycles. The Labute approximate surface area is 123 Å². The highest BCUT2D eigenvalue weighted by molar-refractivity contribution is 5.78. The number of nitrogens with zero attached hydrogens (tertiary/aromatic N) is 1. The molecule has 2 rings (SSSR count). The van der Waals surface area contributed by atoms with Crippen LogP contribution in [0.1, 0.15) is 50.5 Å². The lowest BCUT2D eigenvalue weighted by atomic mass is 9.85. The molecule has 0 atom stereocenters. The molecule has 1 saturated carbocycles. The first-order valence-corrected chi connectivity index (χ1v) is 7.98.